The highest BCUT2D eigenvalue weighted by Gasteiger charge is 2.38. The van der Waals surface area contributed by atoms with Crippen molar-refractivity contribution < 1.29 is 31.4 Å². The van der Waals surface area contributed by atoms with Crippen molar-refractivity contribution in [3.8, 4) is 22.9 Å². The fourth-order valence-electron chi connectivity index (χ4n) is 3.67. The van der Waals surface area contributed by atoms with E-state index in [1.165, 1.54) is 13.8 Å². The third-order valence-corrected chi connectivity index (χ3v) is 7.00. The molecule has 196 valence electrons. The molecule has 2 N–H and O–H groups in total. The smallest absolute Gasteiger partial charge is 0.404 e. The van der Waals surface area contributed by atoms with Crippen LogP contribution in [0.1, 0.15) is 45.7 Å². The predicted octanol–water partition coefficient (Wildman–Crippen LogP) is 5.31. The van der Waals surface area contributed by atoms with Crippen LogP contribution in [0.15, 0.2) is 54.6 Å². The van der Waals surface area contributed by atoms with E-state index in [1.807, 2.05) is 6.92 Å². The third-order valence-electron chi connectivity index (χ3n) is 5.47. The third kappa shape index (κ3) is 7.08. The van der Waals surface area contributed by atoms with Gasteiger partial charge in [0.1, 0.15) is 5.75 Å². The Labute approximate surface area is 209 Å². The summed E-state index contributed by atoms with van der Waals surface area (Å²) in [6.45, 7) is 8.79. The molecule has 1 aromatic heterocycles. The van der Waals surface area contributed by atoms with Crippen LogP contribution in [-0.4, -0.2) is 35.2 Å². The minimum Gasteiger partial charge on any atom is -0.439 e. The number of benzene rings is 2. The number of alkyl halides is 3. The summed E-state index contributed by atoms with van der Waals surface area (Å²) < 4.78 is 71.9. The lowest BCUT2D eigenvalue weighted by Crippen LogP contribution is -2.44. The molecule has 2 aromatic carbocycles. The van der Waals surface area contributed by atoms with Crippen molar-refractivity contribution in [2.45, 2.75) is 58.5 Å². The van der Waals surface area contributed by atoms with Crippen molar-refractivity contribution in [1.29, 1.82) is 0 Å². The second kappa shape index (κ2) is 9.87. The number of nitrogens with zero attached hydrogens (tertiary/aromatic N) is 2. The molecular formula is C25H30F3N3O4S. The first-order valence-corrected chi connectivity index (χ1v) is 12.9. The number of aryl methyl sites for hydroxylation is 1. The highest BCUT2D eigenvalue weighted by atomic mass is 32.2. The summed E-state index contributed by atoms with van der Waals surface area (Å²) in [5.41, 5.74) is 0.137. The molecule has 0 spiro atoms. The van der Waals surface area contributed by atoms with Gasteiger partial charge in [-0.1, -0.05) is 30.3 Å². The molecule has 0 radical (unpaired) electrons. The van der Waals surface area contributed by atoms with Gasteiger partial charge in [0, 0.05) is 18.2 Å². The van der Waals surface area contributed by atoms with Crippen LogP contribution >= 0.6 is 0 Å². The molecule has 36 heavy (non-hydrogen) atoms. The molecule has 0 amide bonds. The molecular weight excluding hydrogens is 495 g/mol. The van der Waals surface area contributed by atoms with Gasteiger partial charge in [0.25, 0.3) is 0 Å². The van der Waals surface area contributed by atoms with E-state index in [1.54, 1.807) is 73.1 Å². The van der Waals surface area contributed by atoms with Gasteiger partial charge in [-0.3, -0.25) is 0 Å². The quantitative estimate of drug-likeness (QED) is 0.395. The van der Waals surface area contributed by atoms with Crippen LogP contribution in [0, 0.1) is 0 Å². The first-order valence-electron chi connectivity index (χ1n) is 11.3. The number of hydrogen-bond donors (Lipinski definition) is 2. The summed E-state index contributed by atoms with van der Waals surface area (Å²) in [6.07, 6.45) is -4.85. The molecule has 7 nitrogen and oxygen atoms in total. The number of aromatic nitrogens is 2. The SMILES string of the molecule is CCn1nc(-c2cccc(C(C)(C)NS(=O)(=O)CC(F)(F)F)c2)cc1Oc1ccc(C(C)(C)O)cc1. The minimum absolute atomic E-state index is 0.471. The summed E-state index contributed by atoms with van der Waals surface area (Å²) in [6, 6.07) is 15.5. The van der Waals surface area contributed by atoms with Gasteiger partial charge in [0.2, 0.25) is 15.9 Å². The van der Waals surface area contributed by atoms with E-state index in [2.05, 4.69) is 9.82 Å². The van der Waals surface area contributed by atoms with Gasteiger partial charge >= 0.3 is 6.18 Å². The van der Waals surface area contributed by atoms with Crippen LogP contribution < -0.4 is 9.46 Å². The maximum atomic E-state index is 12.7. The summed E-state index contributed by atoms with van der Waals surface area (Å²) in [5, 5.41) is 14.7. The number of halogens is 3. The van der Waals surface area contributed by atoms with Crippen molar-refractivity contribution in [1.82, 2.24) is 14.5 Å². The molecule has 3 rings (SSSR count). The van der Waals surface area contributed by atoms with Gasteiger partial charge in [0.05, 0.1) is 16.8 Å². The Balaban J connectivity index is 1.87. The van der Waals surface area contributed by atoms with E-state index in [-0.39, 0.29) is 0 Å². The number of sulfonamides is 1. The molecule has 1 heterocycles. The van der Waals surface area contributed by atoms with Crippen molar-refractivity contribution in [3.05, 3.63) is 65.7 Å². The van der Waals surface area contributed by atoms with Gasteiger partial charge in [-0.05, 0) is 63.9 Å². The largest absolute Gasteiger partial charge is 0.439 e. The summed E-state index contributed by atoms with van der Waals surface area (Å²) >= 11 is 0. The van der Waals surface area contributed by atoms with E-state index < -0.39 is 33.1 Å². The van der Waals surface area contributed by atoms with Gasteiger partial charge in [-0.25, -0.2) is 17.8 Å². The molecule has 0 aliphatic rings. The van der Waals surface area contributed by atoms with Gasteiger partial charge in [0.15, 0.2) is 5.75 Å². The molecule has 11 heteroatoms. The standard InChI is InChI=1S/C25H30F3N3O4S/c1-6-31-22(35-20-12-10-18(11-13-20)24(4,5)32)15-21(29-31)17-8-7-9-19(14-17)23(2,3)30-36(33,34)16-25(26,27)28/h7-15,30,32H,6,16H2,1-5H3. The monoisotopic (exact) mass is 525 g/mol. The Hall–Kier alpha value is -2.89. The van der Waals surface area contributed by atoms with Crippen molar-refractivity contribution >= 4 is 10.0 Å². The highest BCUT2D eigenvalue weighted by Crippen LogP contribution is 2.31. The van der Waals surface area contributed by atoms with E-state index >= 15 is 0 Å². The van der Waals surface area contributed by atoms with E-state index in [0.717, 1.165) is 5.56 Å². The Bertz CT molecular complexity index is 1310. The Morgan fingerprint density at radius 2 is 1.64 bits per heavy atom. The zero-order chi connectivity index (χ0) is 26.9. The number of ether oxygens (including phenoxy) is 1. The Morgan fingerprint density at radius 1 is 1.00 bits per heavy atom. The molecule has 0 fully saturated rings. The lowest BCUT2D eigenvalue weighted by Gasteiger charge is -2.27. The molecule has 0 aliphatic heterocycles. The number of hydrogen-bond acceptors (Lipinski definition) is 5. The van der Waals surface area contributed by atoms with E-state index in [0.29, 0.717) is 35.0 Å². The van der Waals surface area contributed by atoms with Crippen LogP contribution in [0.3, 0.4) is 0 Å². The first kappa shape index (κ1) is 27.7. The average molecular weight is 526 g/mol. The fourth-order valence-corrected chi connectivity index (χ4v) is 5.07. The average Bonchev–Trinajstić information content (AvgIpc) is 3.14. The maximum Gasteiger partial charge on any atom is 0.404 e. The Kier molecular flexibility index (Phi) is 7.59. The lowest BCUT2D eigenvalue weighted by molar-refractivity contribution is -0.106. The van der Waals surface area contributed by atoms with E-state index in [9.17, 15) is 26.7 Å². The lowest BCUT2D eigenvalue weighted by atomic mass is 9.93. The minimum atomic E-state index is -4.85. The predicted molar refractivity (Wildman–Crippen MR) is 131 cm³/mol. The van der Waals surface area contributed by atoms with Crippen LogP contribution in [0.2, 0.25) is 0 Å². The number of rotatable bonds is 9. The molecule has 0 saturated heterocycles. The van der Waals surface area contributed by atoms with Crippen LogP contribution in [0.25, 0.3) is 11.3 Å². The zero-order valence-electron chi connectivity index (χ0n) is 20.7. The molecule has 0 unspecified atom stereocenters. The van der Waals surface area contributed by atoms with Crippen molar-refractivity contribution in [2.24, 2.45) is 0 Å². The molecule has 0 saturated carbocycles. The summed E-state index contributed by atoms with van der Waals surface area (Å²) in [4.78, 5) is 0. The second-order valence-corrected chi connectivity index (χ2v) is 11.3. The zero-order valence-corrected chi connectivity index (χ0v) is 21.5. The van der Waals surface area contributed by atoms with Crippen molar-refractivity contribution in [2.75, 3.05) is 5.75 Å². The van der Waals surface area contributed by atoms with Crippen molar-refractivity contribution in [3.63, 3.8) is 0 Å². The van der Waals surface area contributed by atoms with E-state index in [4.69, 9.17) is 4.74 Å². The summed E-state index contributed by atoms with van der Waals surface area (Å²) in [7, 11) is -4.61. The maximum absolute atomic E-state index is 12.7. The molecule has 3 aromatic rings. The second-order valence-electron chi connectivity index (χ2n) is 9.55. The van der Waals surface area contributed by atoms with Crippen LogP contribution in [-0.2, 0) is 27.7 Å². The van der Waals surface area contributed by atoms with Crippen LogP contribution in [0.4, 0.5) is 13.2 Å². The highest BCUT2D eigenvalue weighted by molar-refractivity contribution is 7.89. The van der Waals surface area contributed by atoms with Gasteiger partial charge in [-0.2, -0.15) is 18.3 Å². The molecule has 0 aliphatic carbocycles. The normalized spacial score (nSPS) is 13.1. The Morgan fingerprint density at radius 3 is 2.19 bits per heavy atom. The van der Waals surface area contributed by atoms with Crippen LogP contribution in [0.5, 0.6) is 11.6 Å². The number of nitrogens with one attached hydrogen (secondary N) is 1. The molecule has 0 bridgehead atoms. The van der Waals surface area contributed by atoms with Gasteiger partial charge < -0.3 is 9.84 Å². The fraction of sp³-hybridized carbons (Fsp3) is 0.400. The number of aliphatic hydroxyl groups is 1. The van der Waals surface area contributed by atoms with Gasteiger partial charge in [-0.15, -0.1) is 0 Å². The topological polar surface area (TPSA) is 93.5 Å². The summed E-state index contributed by atoms with van der Waals surface area (Å²) in [5.74, 6) is -0.932. The first-order chi connectivity index (χ1) is 16.5. The molecule has 0 atom stereocenters.